The number of rotatable bonds is 5. The maximum atomic E-state index is 12.8. The first-order chi connectivity index (χ1) is 12.1. The SMILES string of the molecule is COc1ccc(C[C@@H]2CN(C(=O)c3ccnn3C)CC[C@H]2OC)cc1. The van der Waals surface area contributed by atoms with Crippen LogP contribution in [-0.4, -0.2) is 54.0 Å². The van der Waals surface area contributed by atoms with Gasteiger partial charge in [0, 0.05) is 39.4 Å². The zero-order valence-electron chi connectivity index (χ0n) is 15.0. The number of aryl methyl sites for hydroxylation is 1. The van der Waals surface area contributed by atoms with Gasteiger partial charge in [-0.05, 0) is 36.6 Å². The first-order valence-electron chi connectivity index (χ1n) is 8.55. The molecule has 6 nitrogen and oxygen atoms in total. The van der Waals surface area contributed by atoms with E-state index in [0.717, 1.165) is 18.6 Å². The lowest BCUT2D eigenvalue weighted by molar-refractivity contribution is -0.00331. The minimum Gasteiger partial charge on any atom is -0.497 e. The molecule has 0 saturated carbocycles. The first kappa shape index (κ1) is 17.5. The Morgan fingerprint density at radius 1 is 1.24 bits per heavy atom. The molecule has 0 spiro atoms. The summed E-state index contributed by atoms with van der Waals surface area (Å²) < 4.78 is 12.5. The molecule has 1 aromatic carbocycles. The molecule has 0 aliphatic carbocycles. The van der Waals surface area contributed by atoms with Gasteiger partial charge in [-0.2, -0.15) is 5.10 Å². The van der Waals surface area contributed by atoms with Gasteiger partial charge in [-0.25, -0.2) is 0 Å². The Kier molecular flexibility index (Phi) is 5.38. The molecule has 2 aromatic rings. The number of likely N-dealkylation sites (tertiary alicyclic amines) is 1. The lowest BCUT2D eigenvalue weighted by Gasteiger charge is -2.38. The number of piperidine rings is 1. The summed E-state index contributed by atoms with van der Waals surface area (Å²) in [6, 6.07) is 9.86. The average Bonchev–Trinajstić information content (AvgIpc) is 3.07. The topological polar surface area (TPSA) is 56.6 Å². The van der Waals surface area contributed by atoms with Crippen LogP contribution in [0.25, 0.3) is 0 Å². The fraction of sp³-hybridized carbons (Fsp3) is 0.474. The molecule has 6 heteroatoms. The van der Waals surface area contributed by atoms with Crippen LogP contribution in [0.15, 0.2) is 36.5 Å². The summed E-state index contributed by atoms with van der Waals surface area (Å²) in [5.41, 5.74) is 1.85. The Bertz CT molecular complexity index is 711. The summed E-state index contributed by atoms with van der Waals surface area (Å²) >= 11 is 0. The van der Waals surface area contributed by atoms with E-state index < -0.39 is 0 Å². The average molecular weight is 343 g/mol. The van der Waals surface area contributed by atoms with Crippen molar-refractivity contribution in [1.82, 2.24) is 14.7 Å². The molecule has 134 valence electrons. The third-order valence-electron chi connectivity index (χ3n) is 4.95. The Morgan fingerprint density at radius 3 is 2.60 bits per heavy atom. The van der Waals surface area contributed by atoms with Crippen LogP contribution in [0.3, 0.4) is 0 Å². The predicted molar refractivity (Wildman–Crippen MR) is 94.7 cm³/mol. The van der Waals surface area contributed by atoms with E-state index in [4.69, 9.17) is 9.47 Å². The van der Waals surface area contributed by atoms with Crippen molar-refractivity contribution in [2.75, 3.05) is 27.3 Å². The molecule has 0 bridgehead atoms. The van der Waals surface area contributed by atoms with E-state index in [0.29, 0.717) is 18.8 Å². The van der Waals surface area contributed by atoms with Gasteiger partial charge in [0.25, 0.3) is 5.91 Å². The number of nitrogens with zero attached hydrogens (tertiary/aromatic N) is 3. The summed E-state index contributed by atoms with van der Waals surface area (Å²) in [6.45, 7) is 1.40. The largest absolute Gasteiger partial charge is 0.497 e. The van der Waals surface area contributed by atoms with Crippen LogP contribution in [0.4, 0.5) is 0 Å². The van der Waals surface area contributed by atoms with Crippen molar-refractivity contribution in [3.63, 3.8) is 0 Å². The fourth-order valence-corrected chi connectivity index (χ4v) is 3.51. The minimum absolute atomic E-state index is 0.0364. The van der Waals surface area contributed by atoms with Gasteiger partial charge in [0.2, 0.25) is 0 Å². The smallest absolute Gasteiger partial charge is 0.272 e. The zero-order valence-corrected chi connectivity index (χ0v) is 15.0. The van der Waals surface area contributed by atoms with Crippen LogP contribution in [-0.2, 0) is 18.2 Å². The predicted octanol–water partition coefficient (Wildman–Crippen LogP) is 2.15. The van der Waals surface area contributed by atoms with Gasteiger partial charge in [0.1, 0.15) is 11.4 Å². The Morgan fingerprint density at radius 2 is 2.00 bits per heavy atom. The first-order valence-corrected chi connectivity index (χ1v) is 8.55. The van der Waals surface area contributed by atoms with E-state index in [1.165, 1.54) is 5.56 Å². The highest BCUT2D eigenvalue weighted by Gasteiger charge is 2.32. The number of benzene rings is 1. The van der Waals surface area contributed by atoms with Gasteiger partial charge in [0.05, 0.1) is 13.2 Å². The summed E-state index contributed by atoms with van der Waals surface area (Å²) in [5.74, 6) is 1.15. The van der Waals surface area contributed by atoms with Crippen molar-refractivity contribution < 1.29 is 14.3 Å². The number of aromatic nitrogens is 2. The van der Waals surface area contributed by atoms with E-state index >= 15 is 0 Å². The monoisotopic (exact) mass is 343 g/mol. The van der Waals surface area contributed by atoms with Gasteiger partial charge in [-0.15, -0.1) is 0 Å². The van der Waals surface area contributed by atoms with Crippen LogP contribution in [0, 0.1) is 5.92 Å². The molecule has 1 aliphatic rings. The number of hydrogen-bond donors (Lipinski definition) is 0. The third kappa shape index (κ3) is 3.85. The second-order valence-electron chi connectivity index (χ2n) is 6.47. The second kappa shape index (κ2) is 7.70. The maximum Gasteiger partial charge on any atom is 0.272 e. The molecular weight excluding hydrogens is 318 g/mol. The second-order valence-corrected chi connectivity index (χ2v) is 6.47. The van der Waals surface area contributed by atoms with Crippen molar-refractivity contribution in [2.24, 2.45) is 13.0 Å². The molecule has 0 unspecified atom stereocenters. The minimum atomic E-state index is 0.0364. The lowest BCUT2D eigenvalue weighted by atomic mass is 9.88. The summed E-state index contributed by atoms with van der Waals surface area (Å²) in [4.78, 5) is 14.7. The van der Waals surface area contributed by atoms with Gasteiger partial charge in [-0.3, -0.25) is 9.48 Å². The molecule has 2 heterocycles. The molecule has 1 aliphatic heterocycles. The van der Waals surface area contributed by atoms with E-state index in [9.17, 15) is 4.79 Å². The number of amides is 1. The van der Waals surface area contributed by atoms with Crippen LogP contribution >= 0.6 is 0 Å². The summed E-state index contributed by atoms with van der Waals surface area (Å²) in [5, 5.41) is 4.10. The number of carbonyl (C=O) groups is 1. The molecule has 0 radical (unpaired) electrons. The molecule has 25 heavy (non-hydrogen) atoms. The van der Waals surface area contributed by atoms with Crippen LogP contribution in [0.2, 0.25) is 0 Å². The highest BCUT2D eigenvalue weighted by atomic mass is 16.5. The number of ether oxygens (including phenoxy) is 2. The molecule has 1 aromatic heterocycles. The van der Waals surface area contributed by atoms with Gasteiger partial charge < -0.3 is 14.4 Å². The fourth-order valence-electron chi connectivity index (χ4n) is 3.51. The third-order valence-corrected chi connectivity index (χ3v) is 4.95. The number of carbonyl (C=O) groups excluding carboxylic acids is 1. The standard InChI is InChI=1S/C19H25N3O3/c1-21-17(8-10-20-21)19(23)22-11-9-18(25-3)15(13-22)12-14-4-6-16(24-2)7-5-14/h4-8,10,15,18H,9,11-13H2,1-3H3/t15-,18-/m1/s1. The molecule has 1 amide bonds. The molecular formula is C19H25N3O3. The van der Waals surface area contributed by atoms with Crippen molar-refractivity contribution >= 4 is 5.91 Å². The molecule has 3 rings (SSSR count). The van der Waals surface area contributed by atoms with E-state index in [1.54, 1.807) is 38.2 Å². The Balaban J connectivity index is 1.71. The molecule has 1 saturated heterocycles. The normalized spacial score (nSPS) is 20.5. The van der Waals surface area contributed by atoms with Crippen molar-refractivity contribution in [1.29, 1.82) is 0 Å². The molecule has 2 atom stereocenters. The Hall–Kier alpha value is -2.34. The highest BCUT2D eigenvalue weighted by Crippen LogP contribution is 2.25. The number of hydrogen-bond acceptors (Lipinski definition) is 4. The van der Waals surface area contributed by atoms with E-state index in [-0.39, 0.29) is 17.9 Å². The van der Waals surface area contributed by atoms with Crippen LogP contribution < -0.4 is 4.74 Å². The van der Waals surface area contributed by atoms with E-state index in [1.807, 2.05) is 17.0 Å². The van der Waals surface area contributed by atoms with Gasteiger partial charge in [-0.1, -0.05) is 12.1 Å². The van der Waals surface area contributed by atoms with Crippen LogP contribution in [0.1, 0.15) is 22.5 Å². The summed E-state index contributed by atoms with van der Waals surface area (Å²) in [7, 11) is 5.22. The van der Waals surface area contributed by atoms with Gasteiger partial charge in [0.15, 0.2) is 0 Å². The zero-order chi connectivity index (χ0) is 17.8. The van der Waals surface area contributed by atoms with Crippen molar-refractivity contribution in [2.45, 2.75) is 18.9 Å². The van der Waals surface area contributed by atoms with E-state index in [2.05, 4.69) is 17.2 Å². The summed E-state index contributed by atoms with van der Waals surface area (Å²) in [6.07, 6.45) is 3.54. The maximum absolute atomic E-state index is 12.8. The van der Waals surface area contributed by atoms with Crippen LogP contribution in [0.5, 0.6) is 5.75 Å². The Labute approximate surface area is 148 Å². The lowest BCUT2D eigenvalue weighted by Crippen LogP contribution is -2.47. The van der Waals surface area contributed by atoms with Crippen molar-refractivity contribution in [3.8, 4) is 5.75 Å². The van der Waals surface area contributed by atoms with Crippen molar-refractivity contribution in [3.05, 3.63) is 47.8 Å². The molecule has 1 fully saturated rings. The molecule has 0 N–H and O–H groups in total. The number of methoxy groups -OCH3 is 2. The highest BCUT2D eigenvalue weighted by molar-refractivity contribution is 5.92. The quantitative estimate of drug-likeness (QED) is 0.835. The van der Waals surface area contributed by atoms with Gasteiger partial charge >= 0.3 is 0 Å².